The highest BCUT2D eigenvalue weighted by Crippen LogP contribution is 2.31. The maximum Gasteiger partial charge on any atom is 0.416 e. The lowest BCUT2D eigenvalue weighted by Crippen LogP contribution is -2.30. The predicted molar refractivity (Wildman–Crippen MR) is 58.3 cm³/mol. The normalized spacial score (nSPS) is 13.3. The molecule has 0 aliphatic carbocycles. The minimum Gasteiger partial charge on any atom is -0.340 e. The van der Waals surface area contributed by atoms with E-state index in [1.807, 2.05) is 0 Å². The summed E-state index contributed by atoms with van der Waals surface area (Å²) in [4.78, 5) is 6.97. The number of halogens is 3. The van der Waals surface area contributed by atoms with Crippen molar-refractivity contribution in [3.05, 3.63) is 29.6 Å². The van der Waals surface area contributed by atoms with Crippen molar-refractivity contribution in [2.24, 2.45) is 5.73 Å². The molecule has 2 rings (SSSR count). The number of imidazole rings is 1. The molecule has 0 saturated heterocycles. The fourth-order valence-electron chi connectivity index (χ4n) is 1.49. The maximum atomic E-state index is 12.5. The first-order chi connectivity index (χ1) is 7.68. The molecule has 3 N–H and O–H groups in total. The van der Waals surface area contributed by atoms with Gasteiger partial charge in [-0.3, -0.25) is 0 Å². The van der Waals surface area contributed by atoms with Crippen molar-refractivity contribution >= 4 is 11.0 Å². The number of nitrogens with zero attached hydrogens (tertiary/aromatic N) is 1. The van der Waals surface area contributed by atoms with Crippen molar-refractivity contribution in [1.82, 2.24) is 9.97 Å². The SMILES string of the molecule is CC(C)(N)c1nc2ccc(C(F)(F)F)cc2[nH]1. The molecule has 2 aromatic rings. The molecule has 92 valence electrons. The zero-order valence-electron chi connectivity index (χ0n) is 9.39. The van der Waals surface area contributed by atoms with E-state index in [4.69, 9.17) is 5.73 Å². The second-order valence-electron chi connectivity index (χ2n) is 4.54. The molecular formula is C11H12F3N3. The molecule has 1 aromatic heterocycles. The molecule has 17 heavy (non-hydrogen) atoms. The summed E-state index contributed by atoms with van der Waals surface area (Å²) in [5.74, 6) is 0.465. The van der Waals surface area contributed by atoms with Gasteiger partial charge in [-0.05, 0) is 32.0 Å². The van der Waals surface area contributed by atoms with Crippen molar-refractivity contribution in [1.29, 1.82) is 0 Å². The Hall–Kier alpha value is -1.56. The van der Waals surface area contributed by atoms with Crippen LogP contribution in [0.25, 0.3) is 11.0 Å². The topological polar surface area (TPSA) is 54.7 Å². The number of alkyl halides is 3. The number of nitrogens with one attached hydrogen (secondary N) is 1. The molecule has 3 nitrogen and oxygen atoms in total. The van der Waals surface area contributed by atoms with Crippen LogP contribution in [0.1, 0.15) is 25.2 Å². The van der Waals surface area contributed by atoms with E-state index in [1.165, 1.54) is 6.07 Å². The van der Waals surface area contributed by atoms with Gasteiger partial charge in [-0.2, -0.15) is 13.2 Å². The van der Waals surface area contributed by atoms with E-state index in [9.17, 15) is 13.2 Å². The summed E-state index contributed by atoms with van der Waals surface area (Å²) in [6.45, 7) is 3.46. The van der Waals surface area contributed by atoms with Crippen LogP contribution >= 0.6 is 0 Å². The lowest BCUT2D eigenvalue weighted by molar-refractivity contribution is -0.137. The Morgan fingerprint density at radius 2 is 1.88 bits per heavy atom. The summed E-state index contributed by atoms with van der Waals surface area (Å²) in [5, 5.41) is 0. The van der Waals surface area contributed by atoms with Gasteiger partial charge < -0.3 is 10.7 Å². The smallest absolute Gasteiger partial charge is 0.340 e. The zero-order chi connectivity index (χ0) is 12.8. The minimum atomic E-state index is -4.35. The van der Waals surface area contributed by atoms with Gasteiger partial charge in [0.25, 0.3) is 0 Å². The summed E-state index contributed by atoms with van der Waals surface area (Å²) in [6, 6.07) is 3.39. The van der Waals surface area contributed by atoms with Gasteiger partial charge in [0.15, 0.2) is 0 Å². The first kappa shape index (κ1) is 11.9. The molecule has 0 spiro atoms. The van der Waals surface area contributed by atoms with Gasteiger partial charge in [0.1, 0.15) is 5.82 Å². The number of benzene rings is 1. The fourth-order valence-corrected chi connectivity index (χ4v) is 1.49. The molecule has 0 bridgehead atoms. The quantitative estimate of drug-likeness (QED) is 0.809. The molecule has 1 aromatic carbocycles. The zero-order valence-corrected chi connectivity index (χ0v) is 9.39. The Morgan fingerprint density at radius 1 is 1.24 bits per heavy atom. The van der Waals surface area contributed by atoms with E-state index >= 15 is 0 Å². The van der Waals surface area contributed by atoms with Gasteiger partial charge in [0, 0.05) is 0 Å². The van der Waals surface area contributed by atoms with Gasteiger partial charge in [0.05, 0.1) is 22.1 Å². The number of aromatic nitrogens is 2. The average Bonchev–Trinajstić information content (AvgIpc) is 2.57. The van der Waals surface area contributed by atoms with Crippen LogP contribution in [-0.2, 0) is 11.7 Å². The Balaban J connectivity index is 2.56. The third-order valence-corrected chi connectivity index (χ3v) is 2.42. The lowest BCUT2D eigenvalue weighted by Gasteiger charge is -2.14. The van der Waals surface area contributed by atoms with Crippen molar-refractivity contribution < 1.29 is 13.2 Å². The van der Waals surface area contributed by atoms with Crippen LogP contribution < -0.4 is 5.73 Å². The average molecular weight is 243 g/mol. The molecule has 0 saturated carbocycles. The number of aromatic amines is 1. The van der Waals surface area contributed by atoms with Gasteiger partial charge in [-0.25, -0.2) is 4.98 Å². The van der Waals surface area contributed by atoms with Crippen LogP contribution in [0, 0.1) is 0 Å². The third kappa shape index (κ3) is 2.26. The second-order valence-corrected chi connectivity index (χ2v) is 4.54. The summed E-state index contributed by atoms with van der Waals surface area (Å²) in [7, 11) is 0. The Bertz CT molecular complexity index is 537. The van der Waals surface area contributed by atoms with E-state index in [0.29, 0.717) is 16.9 Å². The second kappa shape index (κ2) is 3.46. The first-order valence-corrected chi connectivity index (χ1v) is 5.04. The fraction of sp³-hybridized carbons (Fsp3) is 0.364. The summed E-state index contributed by atoms with van der Waals surface area (Å²) in [6.07, 6.45) is -4.35. The molecule has 0 aliphatic heterocycles. The highest BCUT2D eigenvalue weighted by atomic mass is 19.4. The van der Waals surface area contributed by atoms with E-state index < -0.39 is 17.3 Å². The number of hydrogen-bond donors (Lipinski definition) is 2. The van der Waals surface area contributed by atoms with Crippen LogP contribution in [0.15, 0.2) is 18.2 Å². The summed E-state index contributed by atoms with van der Waals surface area (Å²) in [5.41, 5.74) is 5.24. The molecule has 0 fully saturated rings. The molecule has 0 aliphatic rings. The molecule has 0 amide bonds. The number of rotatable bonds is 1. The van der Waals surface area contributed by atoms with Crippen LogP contribution in [0.3, 0.4) is 0 Å². The van der Waals surface area contributed by atoms with E-state index in [0.717, 1.165) is 12.1 Å². The standard InChI is InChI=1S/C11H12F3N3/c1-10(2,15)9-16-7-4-3-6(11(12,13)14)5-8(7)17-9/h3-5H,15H2,1-2H3,(H,16,17). The van der Waals surface area contributed by atoms with Gasteiger partial charge in [-0.15, -0.1) is 0 Å². The van der Waals surface area contributed by atoms with Crippen LogP contribution in [0.2, 0.25) is 0 Å². The van der Waals surface area contributed by atoms with Crippen LogP contribution in [0.5, 0.6) is 0 Å². The molecule has 6 heteroatoms. The maximum absolute atomic E-state index is 12.5. The van der Waals surface area contributed by atoms with Crippen molar-refractivity contribution in [3.8, 4) is 0 Å². The number of nitrogens with two attached hydrogens (primary N) is 1. The monoisotopic (exact) mass is 243 g/mol. The first-order valence-electron chi connectivity index (χ1n) is 5.04. The van der Waals surface area contributed by atoms with Crippen molar-refractivity contribution in [3.63, 3.8) is 0 Å². The van der Waals surface area contributed by atoms with Gasteiger partial charge >= 0.3 is 6.18 Å². The highest BCUT2D eigenvalue weighted by molar-refractivity contribution is 5.76. The predicted octanol–water partition coefficient (Wildman–Crippen LogP) is 2.78. The Labute approximate surface area is 95.8 Å². The van der Waals surface area contributed by atoms with Crippen molar-refractivity contribution in [2.45, 2.75) is 25.6 Å². The Kier molecular flexibility index (Phi) is 2.43. The largest absolute Gasteiger partial charge is 0.416 e. The summed E-state index contributed by atoms with van der Waals surface area (Å²) < 4.78 is 37.5. The number of hydrogen-bond acceptors (Lipinski definition) is 2. The van der Waals surface area contributed by atoms with Gasteiger partial charge in [-0.1, -0.05) is 0 Å². The van der Waals surface area contributed by atoms with E-state index in [-0.39, 0.29) is 0 Å². The molecule has 0 radical (unpaired) electrons. The molecule has 1 heterocycles. The number of H-pyrrole nitrogens is 1. The molecule has 0 unspecified atom stereocenters. The van der Waals surface area contributed by atoms with Crippen LogP contribution in [0.4, 0.5) is 13.2 Å². The van der Waals surface area contributed by atoms with Crippen LogP contribution in [-0.4, -0.2) is 9.97 Å². The third-order valence-electron chi connectivity index (χ3n) is 2.42. The summed E-state index contributed by atoms with van der Waals surface area (Å²) >= 11 is 0. The minimum absolute atomic E-state index is 0.341. The van der Waals surface area contributed by atoms with Gasteiger partial charge in [0.2, 0.25) is 0 Å². The molecule has 0 atom stereocenters. The van der Waals surface area contributed by atoms with E-state index in [2.05, 4.69) is 9.97 Å². The lowest BCUT2D eigenvalue weighted by atomic mass is 10.1. The number of fused-ring (bicyclic) bond motifs is 1. The van der Waals surface area contributed by atoms with Crippen molar-refractivity contribution in [2.75, 3.05) is 0 Å². The van der Waals surface area contributed by atoms with E-state index in [1.54, 1.807) is 13.8 Å². The highest BCUT2D eigenvalue weighted by Gasteiger charge is 2.31. The Morgan fingerprint density at radius 3 is 2.41 bits per heavy atom. The molecular weight excluding hydrogens is 231 g/mol.